The summed E-state index contributed by atoms with van der Waals surface area (Å²) in [7, 11) is -1.42. The van der Waals surface area contributed by atoms with Crippen LogP contribution in [0.25, 0.3) is 27.8 Å². The van der Waals surface area contributed by atoms with Crippen LogP contribution >= 0.6 is 0 Å². The molecule has 5 heterocycles. The molecule has 1 aliphatic heterocycles. The van der Waals surface area contributed by atoms with Crippen molar-refractivity contribution in [3.8, 4) is 45.5 Å². The van der Waals surface area contributed by atoms with Gasteiger partial charge in [-0.2, -0.15) is 24.2 Å². The quantitative estimate of drug-likeness (QED) is 0.181. The smallest absolute Gasteiger partial charge is 0.333 e. The molecule has 4 aromatic heterocycles. The number of nitriles is 1. The van der Waals surface area contributed by atoms with Crippen LogP contribution < -0.4 is 9.64 Å². The SMILES string of the molecule is C[Si](C)(C)C#Cc1ccc(OC2CN(c3ccc(-c4cc(-c5cnn(C(F)F)c5)cn5ncc(C#N)c45)cn3)C2)cc1. The highest BCUT2D eigenvalue weighted by molar-refractivity contribution is 6.83. The van der Waals surface area contributed by atoms with Gasteiger partial charge in [0.15, 0.2) is 0 Å². The Hall–Kier alpha value is -5.00. The number of alkyl halides is 2. The molecule has 0 radical (unpaired) electrons. The van der Waals surface area contributed by atoms with Gasteiger partial charge in [-0.3, -0.25) is 0 Å². The van der Waals surface area contributed by atoms with Crippen molar-refractivity contribution in [2.24, 2.45) is 0 Å². The molecule has 42 heavy (non-hydrogen) atoms. The monoisotopic (exact) mass is 579 g/mol. The van der Waals surface area contributed by atoms with E-state index in [2.05, 4.69) is 57.3 Å². The van der Waals surface area contributed by atoms with Crippen molar-refractivity contribution in [1.82, 2.24) is 24.4 Å². The maximum absolute atomic E-state index is 13.1. The molecule has 5 aromatic rings. The van der Waals surface area contributed by atoms with Crippen molar-refractivity contribution in [2.45, 2.75) is 32.3 Å². The second-order valence-electron chi connectivity index (χ2n) is 11.2. The van der Waals surface area contributed by atoms with Crippen molar-refractivity contribution in [1.29, 1.82) is 5.26 Å². The molecule has 1 saturated heterocycles. The number of rotatable bonds is 6. The van der Waals surface area contributed by atoms with Gasteiger partial charge in [0.05, 0.1) is 36.6 Å². The van der Waals surface area contributed by atoms with Crippen LogP contribution in [0.4, 0.5) is 14.6 Å². The largest absolute Gasteiger partial charge is 0.487 e. The van der Waals surface area contributed by atoms with E-state index in [9.17, 15) is 14.0 Å². The minimum Gasteiger partial charge on any atom is -0.487 e. The molecule has 0 unspecified atom stereocenters. The predicted molar refractivity (Wildman–Crippen MR) is 159 cm³/mol. The Morgan fingerprint density at radius 3 is 2.38 bits per heavy atom. The summed E-state index contributed by atoms with van der Waals surface area (Å²) in [6.45, 7) is 5.35. The molecule has 0 N–H and O–H groups in total. The molecule has 1 aromatic carbocycles. The second kappa shape index (κ2) is 10.8. The predicted octanol–water partition coefficient (Wildman–Crippen LogP) is 6.02. The number of hydrogen-bond acceptors (Lipinski definition) is 6. The van der Waals surface area contributed by atoms with Gasteiger partial charge in [0, 0.05) is 46.4 Å². The van der Waals surface area contributed by atoms with Gasteiger partial charge in [-0.05, 0) is 42.5 Å². The third-order valence-electron chi connectivity index (χ3n) is 6.84. The van der Waals surface area contributed by atoms with Crippen LogP contribution in [0.1, 0.15) is 17.7 Å². The summed E-state index contributed by atoms with van der Waals surface area (Å²) in [6, 6.07) is 15.8. The molecule has 0 atom stereocenters. The van der Waals surface area contributed by atoms with Crippen molar-refractivity contribution in [3.63, 3.8) is 0 Å². The van der Waals surface area contributed by atoms with Crippen LogP contribution in [-0.4, -0.2) is 51.6 Å². The van der Waals surface area contributed by atoms with Gasteiger partial charge in [-0.1, -0.05) is 25.6 Å². The molecule has 0 spiro atoms. The Bertz CT molecular complexity index is 1850. The molecule has 210 valence electrons. The minimum atomic E-state index is -2.74. The normalized spacial score (nSPS) is 13.5. The van der Waals surface area contributed by atoms with Crippen LogP contribution in [0, 0.1) is 22.8 Å². The number of benzene rings is 1. The van der Waals surface area contributed by atoms with Crippen LogP contribution in [-0.2, 0) is 0 Å². The summed E-state index contributed by atoms with van der Waals surface area (Å²) in [4.78, 5) is 6.81. The molecule has 6 rings (SSSR count). The topological polar surface area (TPSA) is 84.3 Å². The highest BCUT2D eigenvalue weighted by Gasteiger charge is 2.29. The lowest BCUT2D eigenvalue weighted by Gasteiger charge is -2.39. The fourth-order valence-corrected chi connectivity index (χ4v) is 5.20. The number of halogens is 2. The van der Waals surface area contributed by atoms with Crippen LogP contribution in [0.2, 0.25) is 19.6 Å². The molecule has 0 bridgehead atoms. The minimum absolute atomic E-state index is 0.0563. The Kier molecular flexibility index (Phi) is 6.97. The maximum atomic E-state index is 13.1. The molecule has 11 heteroatoms. The van der Waals surface area contributed by atoms with Gasteiger partial charge < -0.3 is 9.64 Å². The average Bonchev–Trinajstić information content (AvgIpc) is 3.61. The molecular weight excluding hydrogens is 552 g/mol. The standard InChI is InChI=1S/C31H27F2N7OSi/c1-42(2,3)11-10-21-4-7-26(8-5-21)41-27-19-38(20-27)29-9-6-22(14-35-29)28-12-23(25-16-37-40(18-25)31(32)33)17-39-30(28)24(13-34)15-36-39/h4-9,12,14-18,27,31H,19-20H2,1-3H3. The zero-order valence-corrected chi connectivity index (χ0v) is 24.3. The highest BCUT2D eigenvalue weighted by Crippen LogP contribution is 2.33. The van der Waals surface area contributed by atoms with Crippen LogP contribution in [0.3, 0.4) is 0 Å². The van der Waals surface area contributed by atoms with E-state index in [1.165, 1.54) is 18.6 Å². The molecule has 0 amide bonds. The highest BCUT2D eigenvalue weighted by atomic mass is 28.3. The molecule has 0 aliphatic carbocycles. The number of anilines is 1. The van der Waals surface area contributed by atoms with Crippen molar-refractivity contribution in [3.05, 3.63) is 84.6 Å². The summed E-state index contributed by atoms with van der Waals surface area (Å²) < 4.78 is 34.5. The average molecular weight is 580 g/mol. The van der Waals surface area contributed by atoms with E-state index in [1.807, 2.05) is 42.5 Å². The summed E-state index contributed by atoms with van der Waals surface area (Å²) >= 11 is 0. The molecular formula is C31H27F2N7OSi. The number of aromatic nitrogens is 5. The third kappa shape index (κ3) is 5.60. The van der Waals surface area contributed by atoms with E-state index in [4.69, 9.17) is 4.74 Å². The first-order valence-corrected chi connectivity index (χ1v) is 16.9. The molecule has 1 fully saturated rings. The van der Waals surface area contributed by atoms with E-state index < -0.39 is 14.6 Å². The summed E-state index contributed by atoms with van der Waals surface area (Å²) in [5.74, 6) is 4.89. The number of ether oxygens (including phenoxy) is 1. The van der Waals surface area contributed by atoms with Crippen molar-refractivity contribution >= 4 is 19.4 Å². The summed E-state index contributed by atoms with van der Waals surface area (Å²) in [6.07, 6.45) is 7.66. The van der Waals surface area contributed by atoms with Crippen molar-refractivity contribution < 1.29 is 13.5 Å². The Morgan fingerprint density at radius 2 is 1.74 bits per heavy atom. The lowest BCUT2D eigenvalue weighted by molar-refractivity contribution is 0.0566. The van der Waals surface area contributed by atoms with Gasteiger partial charge in [0.2, 0.25) is 0 Å². The zero-order chi connectivity index (χ0) is 29.4. The fraction of sp³-hybridized carbons (Fsp3) is 0.226. The third-order valence-corrected chi connectivity index (χ3v) is 7.71. The molecule has 8 nitrogen and oxygen atoms in total. The second-order valence-corrected chi connectivity index (χ2v) is 15.9. The molecule has 1 aliphatic rings. The number of fused-ring (bicyclic) bond motifs is 1. The van der Waals surface area contributed by atoms with E-state index in [1.54, 1.807) is 16.9 Å². The first-order valence-electron chi connectivity index (χ1n) is 13.4. The lowest BCUT2D eigenvalue weighted by Crippen LogP contribution is -2.54. The van der Waals surface area contributed by atoms with Gasteiger partial charge in [0.25, 0.3) is 0 Å². The van der Waals surface area contributed by atoms with E-state index in [-0.39, 0.29) is 6.10 Å². The number of nitrogens with zero attached hydrogens (tertiary/aromatic N) is 7. The summed E-state index contributed by atoms with van der Waals surface area (Å²) in [5, 5.41) is 17.7. The van der Waals surface area contributed by atoms with Crippen LogP contribution in [0.15, 0.2) is 73.4 Å². The first kappa shape index (κ1) is 27.2. The Morgan fingerprint density at radius 1 is 0.952 bits per heavy atom. The number of pyridine rings is 2. The maximum Gasteiger partial charge on any atom is 0.333 e. The zero-order valence-electron chi connectivity index (χ0n) is 23.3. The van der Waals surface area contributed by atoms with E-state index >= 15 is 0 Å². The van der Waals surface area contributed by atoms with Gasteiger partial charge in [0.1, 0.15) is 31.8 Å². The van der Waals surface area contributed by atoms with Gasteiger partial charge >= 0.3 is 6.55 Å². The number of hydrogen-bond donors (Lipinski definition) is 0. The first-order chi connectivity index (χ1) is 20.2. The molecule has 0 saturated carbocycles. The van der Waals surface area contributed by atoms with Gasteiger partial charge in [-0.15, -0.1) is 5.54 Å². The lowest BCUT2D eigenvalue weighted by atomic mass is 10.0. The van der Waals surface area contributed by atoms with E-state index in [0.29, 0.717) is 45.5 Å². The van der Waals surface area contributed by atoms with Crippen molar-refractivity contribution in [2.75, 3.05) is 18.0 Å². The Balaban J connectivity index is 1.17. The summed E-state index contributed by atoms with van der Waals surface area (Å²) in [5.41, 5.74) is 8.03. The fourth-order valence-electron chi connectivity index (χ4n) is 4.68. The van der Waals surface area contributed by atoms with Gasteiger partial charge in [-0.25, -0.2) is 14.2 Å². The Labute approximate surface area is 242 Å². The van der Waals surface area contributed by atoms with Crippen LogP contribution in [0.5, 0.6) is 5.75 Å². The van der Waals surface area contributed by atoms with E-state index in [0.717, 1.165) is 22.7 Å².